The quantitative estimate of drug-likeness (QED) is 0.833. The van der Waals surface area contributed by atoms with Gasteiger partial charge in [-0.15, -0.1) is 0 Å². The molecule has 2 N–H and O–H groups in total. The summed E-state index contributed by atoms with van der Waals surface area (Å²) in [6, 6.07) is 8.89. The smallest absolute Gasteiger partial charge is 0.225 e. The van der Waals surface area contributed by atoms with E-state index >= 15 is 0 Å². The second-order valence-corrected chi connectivity index (χ2v) is 7.48. The first-order valence-corrected chi connectivity index (χ1v) is 9.09. The molecule has 1 heterocycles. The van der Waals surface area contributed by atoms with E-state index in [1.165, 1.54) is 24.8 Å². The number of carbonyl (C=O) groups excluding carboxylic acids is 1. The Hall–Kier alpha value is -1.35. The Morgan fingerprint density at radius 2 is 1.70 bits per heavy atom. The molecule has 1 aromatic rings. The first-order valence-electron chi connectivity index (χ1n) is 9.09. The van der Waals surface area contributed by atoms with Crippen LogP contribution in [0.3, 0.4) is 0 Å². The molecule has 0 spiro atoms. The van der Waals surface area contributed by atoms with E-state index in [1.54, 1.807) is 0 Å². The zero-order valence-corrected chi connectivity index (χ0v) is 14.9. The molecule has 2 unspecified atom stereocenters. The average Bonchev–Trinajstić information content (AvgIpc) is 2.53. The van der Waals surface area contributed by atoms with E-state index in [0.717, 1.165) is 31.5 Å². The van der Waals surface area contributed by atoms with Crippen LogP contribution in [0.5, 0.6) is 0 Å². The van der Waals surface area contributed by atoms with Crippen LogP contribution < -0.4 is 5.73 Å². The molecule has 23 heavy (non-hydrogen) atoms. The van der Waals surface area contributed by atoms with Gasteiger partial charge in [0.25, 0.3) is 0 Å². The third kappa shape index (κ3) is 5.35. The van der Waals surface area contributed by atoms with Gasteiger partial charge >= 0.3 is 0 Å². The molecule has 128 valence electrons. The highest BCUT2D eigenvalue weighted by Crippen LogP contribution is 2.25. The molecule has 0 bridgehead atoms. The van der Waals surface area contributed by atoms with E-state index in [1.807, 2.05) is 0 Å². The number of primary amides is 1. The molecule has 1 aliphatic rings. The fourth-order valence-corrected chi connectivity index (χ4v) is 3.62. The molecule has 2 rings (SSSR count). The van der Waals surface area contributed by atoms with Gasteiger partial charge in [-0.25, -0.2) is 0 Å². The number of nitrogens with zero attached hydrogens (tertiary/aromatic N) is 1. The summed E-state index contributed by atoms with van der Waals surface area (Å²) in [5.74, 6) is 0.261. The minimum absolute atomic E-state index is 0.181. The summed E-state index contributed by atoms with van der Waals surface area (Å²) in [5, 5.41) is 0. The van der Waals surface area contributed by atoms with Crippen molar-refractivity contribution in [3.8, 4) is 0 Å². The van der Waals surface area contributed by atoms with Gasteiger partial charge in [-0.2, -0.15) is 0 Å². The van der Waals surface area contributed by atoms with Crippen molar-refractivity contribution in [2.24, 2.45) is 11.7 Å². The molecule has 1 amide bonds. The highest BCUT2D eigenvalue weighted by atomic mass is 16.1. The van der Waals surface area contributed by atoms with Crippen LogP contribution >= 0.6 is 0 Å². The van der Waals surface area contributed by atoms with Gasteiger partial charge in [-0.3, -0.25) is 4.79 Å². The number of piperidine rings is 1. The molecule has 3 heteroatoms. The molecular formula is C20H32N2O. The maximum absolute atomic E-state index is 12.0. The molecule has 1 aliphatic heterocycles. The predicted molar refractivity (Wildman–Crippen MR) is 96.4 cm³/mol. The highest BCUT2D eigenvalue weighted by Gasteiger charge is 2.25. The summed E-state index contributed by atoms with van der Waals surface area (Å²) in [5.41, 5.74) is 8.10. The lowest BCUT2D eigenvalue weighted by Gasteiger charge is -2.34. The SMILES string of the molecule is CC(C)Cc1ccc(C(CC(C)N2CCCCC2)C(N)=O)cc1. The number of rotatable bonds is 7. The van der Waals surface area contributed by atoms with Gasteiger partial charge in [0.1, 0.15) is 0 Å². The monoisotopic (exact) mass is 316 g/mol. The largest absolute Gasteiger partial charge is 0.369 e. The van der Waals surface area contributed by atoms with E-state index in [0.29, 0.717) is 12.0 Å². The van der Waals surface area contributed by atoms with Crippen LogP contribution in [0.1, 0.15) is 63.5 Å². The van der Waals surface area contributed by atoms with Crippen LogP contribution in [-0.4, -0.2) is 29.9 Å². The average molecular weight is 316 g/mol. The number of hydrogen-bond donors (Lipinski definition) is 1. The molecule has 1 saturated heterocycles. The number of amides is 1. The van der Waals surface area contributed by atoms with Crippen LogP contribution in [-0.2, 0) is 11.2 Å². The van der Waals surface area contributed by atoms with Crippen molar-refractivity contribution >= 4 is 5.91 Å². The van der Waals surface area contributed by atoms with Gasteiger partial charge in [0.2, 0.25) is 5.91 Å². The number of carbonyl (C=O) groups is 1. The first-order chi connectivity index (χ1) is 11.0. The van der Waals surface area contributed by atoms with Crippen molar-refractivity contribution in [2.75, 3.05) is 13.1 Å². The van der Waals surface area contributed by atoms with Gasteiger partial charge < -0.3 is 10.6 Å². The van der Waals surface area contributed by atoms with E-state index in [-0.39, 0.29) is 11.8 Å². The van der Waals surface area contributed by atoms with Crippen molar-refractivity contribution < 1.29 is 4.79 Å². The van der Waals surface area contributed by atoms with Crippen LogP contribution in [0.25, 0.3) is 0 Å². The Morgan fingerprint density at radius 1 is 1.09 bits per heavy atom. The summed E-state index contributed by atoms with van der Waals surface area (Å²) in [6.45, 7) is 8.98. The maximum Gasteiger partial charge on any atom is 0.225 e. The van der Waals surface area contributed by atoms with Crippen molar-refractivity contribution in [2.45, 2.75) is 64.8 Å². The fraction of sp³-hybridized carbons (Fsp3) is 0.650. The zero-order chi connectivity index (χ0) is 16.8. The normalized spacial score (nSPS) is 18.8. The van der Waals surface area contributed by atoms with Gasteiger partial charge in [-0.05, 0) is 62.7 Å². The lowest BCUT2D eigenvalue weighted by molar-refractivity contribution is -0.119. The minimum Gasteiger partial charge on any atom is -0.369 e. The molecule has 2 atom stereocenters. The van der Waals surface area contributed by atoms with Crippen LogP contribution in [0, 0.1) is 5.92 Å². The van der Waals surface area contributed by atoms with Gasteiger partial charge in [0, 0.05) is 6.04 Å². The van der Waals surface area contributed by atoms with Gasteiger partial charge in [0.15, 0.2) is 0 Å². The van der Waals surface area contributed by atoms with E-state index < -0.39 is 0 Å². The van der Waals surface area contributed by atoms with E-state index in [4.69, 9.17) is 5.73 Å². The van der Waals surface area contributed by atoms with Crippen LogP contribution in [0.2, 0.25) is 0 Å². The molecule has 1 aromatic carbocycles. The summed E-state index contributed by atoms with van der Waals surface area (Å²) in [7, 11) is 0. The van der Waals surface area contributed by atoms with Gasteiger partial charge in [0.05, 0.1) is 5.92 Å². The van der Waals surface area contributed by atoms with Gasteiger partial charge in [-0.1, -0.05) is 44.5 Å². The topological polar surface area (TPSA) is 46.3 Å². The number of likely N-dealkylation sites (tertiary alicyclic amines) is 1. The minimum atomic E-state index is -0.203. The molecular weight excluding hydrogens is 284 g/mol. The van der Waals surface area contributed by atoms with Crippen molar-refractivity contribution in [3.05, 3.63) is 35.4 Å². The zero-order valence-electron chi connectivity index (χ0n) is 14.9. The van der Waals surface area contributed by atoms with E-state index in [9.17, 15) is 4.79 Å². The van der Waals surface area contributed by atoms with Crippen molar-refractivity contribution in [1.82, 2.24) is 4.90 Å². The van der Waals surface area contributed by atoms with E-state index in [2.05, 4.69) is 49.9 Å². The second kappa shape index (κ2) is 8.49. The summed E-state index contributed by atoms with van der Waals surface area (Å²) in [6.07, 6.45) is 5.77. The third-order valence-electron chi connectivity index (χ3n) is 4.96. The van der Waals surface area contributed by atoms with Crippen molar-refractivity contribution in [1.29, 1.82) is 0 Å². The predicted octanol–water partition coefficient (Wildman–Crippen LogP) is 3.72. The Morgan fingerprint density at radius 3 is 2.22 bits per heavy atom. The number of benzene rings is 1. The lowest BCUT2D eigenvalue weighted by atomic mass is 9.89. The maximum atomic E-state index is 12.0. The molecule has 0 radical (unpaired) electrons. The fourth-order valence-electron chi connectivity index (χ4n) is 3.62. The number of hydrogen-bond acceptors (Lipinski definition) is 2. The lowest BCUT2D eigenvalue weighted by Crippen LogP contribution is -2.39. The standard InChI is InChI=1S/C20H32N2O/c1-15(2)13-17-7-9-18(10-8-17)19(20(21)23)14-16(3)22-11-5-4-6-12-22/h7-10,15-16,19H,4-6,11-14H2,1-3H3,(H2,21,23). The van der Waals surface area contributed by atoms with Crippen LogP contribution in [0.4, 0.5) is 0 Å². The Kier molecular flexibility index (Phi) is 6.64. The second-order valence-electron chi connectivity index (χ2n) is 7.48. The highest BCUT2D eigenvalue weighted by molar-refractivity contribution is 5.82. The van der Waals surface area contributed by atoms with Crippen LogP contribution in [0.15, 0.2) is 24.3 Å². The Labute approximate surface area is 141 Å². The Balaban J connectivity index is 2.04. The van der Waals surface area contributed by atoms with Crippen molar-refractivity contribution in [3.63, 3.8) is 0 Å². The summed E-state index contributed by atoms with van der Waals surface area (Å²) >= 11 is 0. The molecule has 0 aliphatic carbocycles. The Bertz CT molecular complexity index is 489. The molecule has 0 saturated carbocycles. The molecule has 0 aromatic heterocycles. The summed E-state index contributed by atoms with van der Waals surface area (Å²) in [4.78, 5) is 14.5. The molecule has 3 nitrogen and oxygen atoms in total. The molecule has 1 fully saturated rings. The first kappa shape index (κ1) is 18.0. The summed E-state index contributed by atoms with van der Waals surface area (Å²) < 4.78 is 0. The number of nitrogens with two attached hydrogens (primary N) is 1. The third-order valence-corrected chi connectivity index (χ3v) is 4.96.